The van der Waals surface area contributed by atoms with Crippen LogP contribution in [0.5, 0.6) is 5.75 Å². The molecule has 1 aromatic carbocycles. The molecule has 2 unspecified atom stereocenters. The monoisotopic (exact) mass is 398 g/mol. The van der Waals surface area contributed by atoms with Crippen LogP contribution in [0.1, 0.15) is 57.4 Å². The first-order valence-electron chi connectivity index (χ1n) is 11.8. The highest BCUT2D eigenvalue weighted by atomic mass is 16.5. The molecule has 29 heavy (non-hydrogen) atoms. The van der Waals surface area contributed by atoms with Crippen molar-refractivity contribution in [2.75, 3.05) is 33.3 Å². The Morgan fingerprint density at radius 2 is 1.79 bits per heavy atom. The van der Waals surface area contributed by atoms with Crippen molar-refractivity contribution < 1.29 is 9.53 Å². The number of methoxy groups -OCH3 is 1. The summed E-state index contributed by atoms with van der Waals surface area (Å²) in [7, 11) is 1.71. The third kappa shape index (κ3) is 4.79. The second kappa shape index (κ2) is 9.51. The summed E-state index contributed by atoms with van der Waals surface area (Å²) in [5.74, 6) is 2.91. The third-order valence-corrected chi connectivity index (χ3v) is 7.85. The number of benzene rings is 1. The summed E-state index contributed by atoms with van der Waals surface area (Å²) >= 11 is 0. The van der Waals surface area contributed by atoms with Gasteiger partial charge in [-0.05, 0) is 68.2 Å². The van der Waals surface area contributed by atoms with Crippen LogP contribution in [0, 0.1) is 17.8 Å². The maximum atomic E-state index is 13.3. The molecule has 0 N–H and O–H groups in total. The van der Waals surface area contributed by atoms with E-state index >= 15 is 0 Å². The van der Waals surface area contributed by atoms with Gasteiger partial charge in [-0.15, -0.1) is 0 Å². The molecule has 4 nitrogen and oxygen atoms in total. The first kappa shape index (κ1) is 20.7. The smallest absolute Gasteiger partial charge is 0.225 e. The van der Waals surface area contributed by atoms with Crippen LogP contribution in [0.4, 0.5) is 0 Å². The summed E-state index contributed by atoms with van der Waals surface area (Å²) in [6.07, 6.45) is 10.0. The van der Waals surface area contributed by atoms with Crippen molar-refractivity contribution in [1.29, 1.82) is 0 Å². The normalized spacial score (nSPS) is 26.9. The van der Waals surface area contributed by atoms with Crippen LogP contribution in [-0.4, -0.2) is 55.0 Å². The second-order valence-electron chi connectivity index (χ2n) is 9.52. The highest BCUT2D eigenvalue weighted by molar-refractivity contribution is 5.79. The van der Waals surface area contributed by atoms with Gasteiger partial charge in [-0.2, -0.15) is 0 Å². The van der Waals surface area contributed by atoms with Crippen LogP contribution < -0.4 is 4.74 Å². The van der Waals surface area contributed by atoms with Gasteiger partial charge in [0.25, 0.3) is 0 Å². The van der Waals surface area contributed by atoms with Crippen LogP contribution in [0.25, 0.3) is 0 Å². The average Bonchev–Trinajstić information content (AvgIpc) is 3.21. The van der Waals surface area contributed by atoms with Gasteiger partial charge in [-0.3, -0.25) is 4.79 Å². The van der Waals surface area contributed by atoms with E-state index < -0.39 is 0 Å². The summed E-state index contributed by atoms with van der Waals surface area (Å²) in [6.45, 7) is 6.50. The first-order valence-corrected chi connectivity index (χ1v) is 11.8. The van der Waals surface area contributed by atoms with Crippen molar-refractivity contribution in [3.63, 3.8) is 0 Å². The number of piperidine rings is 1. The summed E-state index contributed by atoms with van der Waals surface area (Å²) in [6, 6.07) is 8.88. The molecule has 0 aromatic heterocycles. The zero-order chi connectivity index (χ0) is 20.2. The van der Waals surface area contributed by atoms with Gasteiger partial charge in [-0.1, -0.05) is 38.3 Å². The minimum Gasteiger partial charge on any atom is -0.497 e. The Kier molecular flexibility index (Phi) is 6.79. The van der Waals surface area contributed by atoms with E-state index in [9.17, 15) is 4.79 Å². The van der Waals surface area contributed by atoms with Gasteiger partial charge in [0, 0.05) is 31.6 Å². The number of carbonyl (C=O) groups is 1. The molecule has 1 aliphatic carbocycles. The molecule has 1 saturated carbocycles. The number of hydrogen-bond donors (Lipinski definition) is 0. The fraction of sp³-hybridized carbons (Fsp3) is 0.720. The molecule has 3 aliphatic rings. The number of likely N-dealkylation sites (tertiary alicyclic amines) is 2. The van der Waals surface area contributed by atoms with Gasteiger partial charge in [0.05, 0.1) is 7.11 Å². The van der Waals surface area contributed by atoms with Gasteiger partial charge < -0.3 is 14.5 Å². The molecule has 0 bridgehead atoms. The molecule has 1 aromatic rings. The highest BCUT2D eigenvalue weighted by Crippen LogP contribution is 2.36. The van der Waals surface area contributed by atoms with E-state index in [2.05, 4.69) is 28.9 Å². The summed E-state index contributed by atoms with van der Waals surface area (Å²) in [5, 5.41) is 0. The van der Waals surface area contributed by atoms with E-state index in [1.165, 1.54) is 57.1 Å². The van der Waals surface area contributed by atoms with Crippen molar-refractivity contribution in [2.24, 2.45) is 17.8 Å². The summed E-state index contributed by atoms with van der Waals surface area (Å²) in [5.41, 5.74) is 1.36. The van der Waals surface area contributed by atoms with Gasteiger partial charge in [0.1, 0.15) is 5.75 Å². The number of hydrogen-bond acceptors (Lipinski definition) is 3. The number of nitrogens with zero attached hydrogens (tertiary/aromatic N) is 2. The fourth-order valence-electron chi connectivity index (χ4n) is 5.86. The zero-order valence-corrected chi connectivity index (χ0v) is 18.3. The quantitative estimate of drug-likeness (QED) is 0.713. The number of amides is 1. The maximum absolute atomic E-state index is 13.3. The molecule has 4 heteroatoms. The molecule has 3 fully saturated rings. The van der Waals surface area contributed by atoms with Gasteiger partial charge in [0.2, 0.25) is 5.91 Å². The van der Waals surface area contributed by atoms with Gasteiger partial charge in [0.15, 0.2) is 0 Å². The standard InChI is InChI=1S/C25H38N2O2/c1-19(21-6-4-3-5-7-21)25(28)27-17-14-22-13-16-26(18-24(22)27)15-12-20-8-10-23(29-2)11-9-20/h8-11,19,21-22,24H,3-7,12-18H2,1-2H3/t19-,22?,24?/m0/s1. The Labute approximate surface area is 176 Å². The zero-order valence-electron chi connectivity index (χ0n) is 18.3. The molecular weight excluding hydrogens is 360 g/mol. The maximum Gasteiger partial charge on any atom is 0.225 e. The lowest BCUT2D eigenvalue weighted by Crippen LogP contribution is -2.51. The fourth-order valence-corrected chi connectivity index (χ4v) is 5.86. The van der Waals surface area contributed by atoms with Crippen LogP contribution in [-0.2, 0) is 11.2 Å². The Hall–Kier alpha value is -1.55. The van der Waals surface area contributed by atoms with Gasteiger partial charge >= 0.3 is 0 Å². The molecule has 2 saturated heterocycles. The van der Waals surface area contributed by atoms with E-state index in [-0.39, 0.29) is 5.92 Å². The van der Waals surface area contributed by atoms with Crippen LogP contribution in [0.3, 0.4) is 0 Å². The Bertz CT molecular complexity index is 668. The number of carbonyl (C=O) groups excluding carboxylic acids is 1. The molecule has 3 atom stereocenters. The third-order valence-electron chi connectivity index (χ3n) is 7.85. The minimum absolute atomic E-state index is 0.212. The Morgan fingerprint density at radius 1 is 1.07 bits per heavy atom. The second-order valence-corrected chi connectivity index (χ2v) is 9.52. The predicted molar refractivity (Wildman–Crippen MR) is 117 cm³/mol. The summed E-state index contributed by atoms with van der Waals surface area (Å²) < 4.78 is 5.26. The molecule has 0 spiro atoms. The molecule has 2 heterocycles. The van der Waals surface area contributed by atoms with E-state index in [1.807, 2.05) is 12.1 Å². The van der Waals surface area contributed by atoms with Crippen LogP contribution in [0.2, 0.25) is 0 Å². The van der Waals surface area contributed by atoms with E-state index in [0.717, 1.165) is 37.7 Å². The predicted octanol–water partition coefficient (Wildman–Crippen LogP) is 4.38. The Morgan fingerprint density at radius 3 is 2.52 bits per heavy atom. The molecule has 4 rings (SSSR count). The minimum atomic E-state index is 0.212. The lowest BCUT2D eigenvalue weighted by molar-refractivity contribution is -0.139. The first-order chi connectivity index (χ1) is 14.2. The lowest BCUT2D eigenvalue weighted by Gasteiger charge is -2.40. The topological polar surface area (TPSA) is 32.8 Å². The van der Waals surface area contributed by atoms with E-state index in [1.54, 1.807) is 7.11 Å². The molecule has 0 radical (unpaired) electrons. The Balaban J connectivity index is 1.32. The van der Waals surface area contributed by atoms with Crippen molar-refractivity contribution in [1.82, 2.24) is 9.80 Å². The number of fused-ring (bicyclic) bond motifs is 1. The molecule has 1 amide bonds. The highest BCUT2D eigenvalue weighted by Gasteiger charge is 2.42. The van der Waals surface area contributed by atoms with Crippen LogP contribution in [0.15, 0.2) is 24.3 Å². The average molecular weight is 399 g/mol. The van der Waals surface area contributed by atoms with E-state index in [0.29, 0.717) is 17.9 Å². The van der Waals surface area contributed by atoms with Crippen molar-refractivity contribution in [3.05, 3.63) is 29.8 Å². The van der Waals surface area contributed by atoms with Crippen LogP contribution >= 0.6 is 0 Å². The molecule has 2 aliphatic heterocycles. The lowest BCUT2D eigenvalue weighted by atomic mass is 9.80. The summed E-state index contributed by atoms with van der Waals surface area (Å²) in [4.78, 5) is 18.2. The number of ether oxygens (including phenoxy) is 1. The SMILES string of the molecule is COc1ccc(CCN2CCC3CCN(C(=O)[C@@H](C)C4CCCCC4)C3C2)cc1. The van der Waals surface area contributed by atoms with Crippen molar-refractivity contribution >= 4 is 5.91 Å². The largest absolute Gasteiger partial charge is 0.497 e. The number of rotatable bonds is 6. The van der Waals surface area contributed by atoms with E-state index in [4.69, 9.17) is 4.74 Å². The van der Waals surface area contributed by atoms with Gasteiger partial charge in [-0.25, -0.2) is 0 Å². The molecular formula is C25H38N2O2. The van der Waals surface area contributed by atoms with Crippen molar-refractivity contribution in [2.45, 2.75) is 64.3 Å². The molecule has 160 valence electrons. The van der Waals surface area contributed by atoms with Crippen molar-refractivity contribution in [3.8, 4) is 5.75 Å².